The molecule has 2 aliphatic heterocycles. The highest BCUT2D eigenvalue weighted by Crippen LogP contribution is 2.28. The Labute approximate surface area is 186 Å². The number of Topliss-reactive ketones (excluding diaryl/α,β-unsaturated/α-hetero) is 1. The summed E-state index contributed by atoms with van der Waals surface area (Å²) >= 11 is 6.49. The summed E-state index contributed by atoms with van der Waals surface area (Å²) in [6.07, 6.45) is 4.84. The molecule has 0 unspecified atom stereocenters. The minimum absolute atomic E-state index is 0.0186. The molecule has 3 heterocycles. The second kappa shape index (κ2) is 9.22. The summed E-state index contributed by atoms with van der Waals surface area (Å²) in [5, 5.41) is 0.452. The van der Waals surface area contributed by atoms with Crippen molar-refractivity contribution in [3.63, 3.8) is 0 Å². The molecule has 1 aromatic carbocycles. The second-order valence-electron chi connectivity index (χ2n) is 8.08. The van der Waals surface area contributed by atoms with E-state index in [9.17, 15) is 14.0 Å². The van der Waals surface area contributed by atoms with E-state index >= 15 is 0 Å². The van der Waals surface area contributed by atoms with Crippen LogP contribution in [0, 0.1) is 5.82 Å². The van der Waals surface area contributed by atoms with Gasteiger partial charge >= 0.3 is 0 Å². The first-order valence-corrected chi connectivity index (χ1v) is 11.1. The van der Waals surface area contributed by atoms with Gasteiger partial charge in [-0.25, -0.2) is 9.37 Å². The number of benzene rings is 1. The largest absolute Gasteiger partial charge is 0.366 e. The van der Waals surface area contributed by atoms with Gasteiger partial charge in [0.25, 0.3) is 5.91 Å². The standard InChI is InChI=1S/C23H26ClFN4O2/c1-16(30)17-5-6-21(20(25)14-17)27-9-11-28(12-10-27)22-19(24)13-18(15-26-22)23(31)29-7-3-2-4-8-29/h5-6,13-15H,2-4,7-12H2,1H3. The number of anilines is 2. The maximum atomic E-state index is 14.5. The molecule has 0 aliphatic carbocycles. The molecule has 164 valence electrons. The molecule has 0 N–H and O–H groups in total. The van der Waals surface area contributed by atoms with E-state index in [1.165, 1.54) is 19.4 Å². The third-order valence-corrected chi connectivity index (χ3v) is 6.26. The van der Waals surface area contributed by atoms with E-state index in [2.05, 4.69) is 9.88 Å². The van der Waals surface area contributed by atoms with Crippen LogP contribution < -0.4 is 9.80 Å². The fourth-order valence-electron chi connectivity index (χ4n) is 4.20. The van der Waals surface area contributed by atoms with Gasteiger partial charge in [-0.15, -0.1) is 0 Å². The van der Waals surface area contributed by atoms with Gasteiger partial charge in [-0.1, -0.05) is 11.6 Å². The van der Waals surface area contributed by atoms with Crippen LogP contribution in [0.4, 0.5) is 15.9 Å². The molecule has 31 heavy (non-hydrogen) atoms. The van der Waals surface area contributed by atoms with Crippen molar-refractivity contribution >= 4 is 34.8 Å². The number of aromatic nitrogens is 1. The third kappa shape index (κ3) is 4.66. The molecule has 0 radical (unpaired) electrons. The summed E-state index contributed by atoms with van der Waals surface area (Å²) in [6, 6.07) is 6.31. The Hall–Kier alpha value is -2.67. The molecule has 0 saturated carbocycles. The summed E-state index contributed by atoms with van der Waals surface area (Å²) in [5.74, 6) is 0.0787. The summed E-state index contributed by atoms with van der Waals surface area (Å²) in [4.78, 5) is 34.5. The van der Waals surface area contributed by atoms with E-state index in [1.807, 2.05) is 9.80 Å². The van der Waals surface area contributed by atoms with Crippen LogP contribution in [0.1, 0.15) is 46.9 Å². The fraction of sp³-hybridized carbons (Fsp3) is 0.435. The van der Waals surface area contributed by atoms with Crippen LogP contribution in [0.25, 0.3) is 0 Å². The van der Waals surface area contributed by atoms with E-state index in [0.29, 0.717) is 53.8 Å². The SMILES string of the molecule is CC(=O)c1ccc(N2CCN(c3ncc(C(=O)N4CCCCC4)cc3Cl)CC2)c(F)c1. The molecule has 2 aliphatic rings. The lowest BCUT2D eigenvalue weighted by Crippen LogP contribution is -2.47. The molecule has 0 spiro atoms. The first-order chi connectivity index (χ1) is 14.9. The second-order valence-corrected chi connectivity index (χ2v) is 8.49. The van der Waals surface area contributed by atoms with Crippen molar-refractivity contribution in [1.29, 1.82) is 0 Å². The minimum atomic E-state index is -0.391. The molecule has 8 heteroatoms. The Morgan fingerprint density at radius 3 is 2.23 bits per heavy atom. The number of rotatable bonds is 4. The van der Waals surface area contributed by atoms with Crippen LogP contribution >= 0.6 is 11.6 Å². The Kier molecular flexibility index (Phi) is 6.41. The number of carbonyl (C=O) groups is 2. The predicted octanol–water partition coefficient (Wildman–Crippen LogP) is 4.03. The Morgan fingerprint density at radius 1 is 0.935 bits per heavy atom. The van der Waals surface area contributed by atoms with E-state index in [-0.39, 0.29) is 11.7 Å². The monoisotopic (exact) mass is 444 g/mol. The van der Waals surface area contributed by atoms with Gasteiger partial charge in [-0.05, 0) is 50.5 Å². The van der Waals surface area contributed by atoms with Crippen molar-refractivity contribution in [3.05, 3.63) is 52.4 Å². The molecule has 1 amide bonds. The van der Waals surface area contributed by atoms with E-state index in [0.717, 1.165) is 25.9 Å². The lowest BCUT2D eigenvalue weighted by atomic mass is 10.1. The van der Waals surface area contributed by atoms with Gasteiger partial charge in [0.2, 0.25) is 0 Å². The molecule has 4 rings (SSSR count). The highest BCUT2D eigenvalue weighted by atomic mass is 35.5. The number of hydrogen-bond acceptors (Lipinski definition) is 5. The van der Waals surface area contributed by atoms with E-state index < -0.39 is 5.82 Å². The van der Waals surface area contributed by atoms with Crippen LogP contribution in [-0.4, -0.2) is 60.8 Å². The van der Waals surface area contributed by atoms with Gasteiger partial charge in [-0.2, -0.15) is 0 Å². The fourth-order valence-corrected chi connectivity index (χ4v) is 4.49. The average molecular weight is 445 g/mol. The van der Waals surface area contributed by atoms with Crippen molar-refractivity contribution in [2.75, 3.05) is 49.1 Å². The van der Waals surface area contributed by atoms with Gasteiger partial charge in [0, 0.05) is 51.0 Å². The van der Waals surface area contributed by atoms with Gasteiger partial charge in [-0.3, -0.25) is 9.59 Å². The number of amides is 1. The quantitative estimate of drug-likeness (QED) is 0.666. The molecule has 1 aromatic heterocycles. The highest BCUT2D eigenvalue weighted by molar-refractivity contribution is 6.33. The maximum Gasteiger partial charge on any atom is 0.255 e. The summed E-state index contributed by atoms with van der Waals surface area (Å²) in [5.41, 5.74) is 1.38. The minimum Gasteiger partial charge on any atom is -0.366 e. The lowest BCUT2D eigenvalue weighted by molar-refractivity contribution is 0.0723. The average Bonchev–Trinajstić information content (AvgIpc) is 2.79. The van der Waals surface area contributed by atoms with Gasteiger partial charge in [0.15, 0.2) is 5.78 Å². The summed E-state index contributed by atoms with van der Waals surface area (Å²) in [6.45, 7) is 5.44. The van der Waals surface area contributed by atoms with Crippen molar-refractivity contribution in [3.8, 4) is 0 Å². The van der Waals surface area contributed by atoms with Crippen molar-refractivity contribution in [2.45, 2.75) is 26.2 Å². The number of halogens is 2. The third-order valence-electron chi connectivity index (χ3n) is 5.99. The smallest absolute Gasteiger partial charge is 0.255 e. The van der Waals surface area contributed by atoms with Crippen LogP contribution in [0.5, 0.6) is 0 Å². The lowest BCUT2D eigenvalue weighted by Gasteiger charge is -2.37. The number of hydrogen-bond donors (Lipinski definition) is 0. The van der Waals surface area contributed by atoms with Gasteiger partial charge in [0.1, 0.15) is 11.6 Å². The Morgan fingerprint density at radius 2 is 1.61 bits per heavy atom. The summed E-state index contributed by atoms with van der Waals surface area (Å²) in [7, 11) is 0. The highest BCUT2D eigenvalue weighted by Gasteiger charge is 2.24. The molecule has 0 bridgehead atoms. The molecule has 2 saturated heterocycles. The molecular formula is C23H26ClFN4O2. The summed E-state index contributed by atoms with van der Waals surface area (Å²) < 4.78 is 14.5. The maximum absolute atomic E-state index is 14.5. The number of ketones is 1. The number of carbonyl (C=O) groups excluding carboxylic acids is 2. The molecule has 0 atom stereocenters. The first kappa shape index (κ1) is 21.6. The zero-order valence-corrected chi connectivity index (χ0v) is 18.4. The zero-order valence-electron chi connectivity index (χ0n) is 17.6. The zero-order chi connectivity index (χ0) is 22.0. The predicted molar refractivity (Wildman–Crippen MR) is 120 cm³/mol. The van der Waals surface area contributed by atoms with Crippen LogP contribution in [-0.2, 0) is 0 Å². The molecule has 2 fully saturated rings. The van der Waals surface area contributed by atoms with Crippen LogP contribution in [0.3, 0.4) is 0 Å². The number of nitrogens with zero attached hydrogens (tertiary/aromatic N) is 4. The molecule has 2 aromatic rings. The van der Waals surface area contributed by atoms with E-state index in [1.54, 1.807) is 24.4 Å². The molecular weight excluding hydrogens is 419 g/mol. The van der Waals surface area contributed by atoms with Crippen molar-refractivity contribution in [1.82, 2.24) is 9.88 Å². The number of piperazine rings is 1. The van der Waals surface area contributed by atoms with E-state index in [4.69, 9.17) is 11.6 Å². The number of pyridine rings is 1. The van der Waals surface area contributed by atoms with Crippen LogP contribution in [0.15, 0.2) is 30.5 Å². The van der Waals surface area contributed by atoms with Crippen LogP contribution in [0.2, 0.25) is 5.02 Å². The van der Waals surface area contributed by atoms with Crippen molar-refractivity contribution in [2.24, 2.45) is 0 Å². The van der Waals surface area contributed by atoms with Gasteiger partial charge < -0.3 is 14.7 Å². The number of likely N-dealkylation sites (tertiary alicyclic amines) is 1. The molecule has 6 nitrogen and oxygen atoms in total. The number of piperidine rings is 1. The Balaban J connectivity index is 1.42. The first-order valence-electron chi connectivity index (χ1n) is 10.7. The van der Waals surface area contributed by atoms with Crippen molar-refractivity contribution < 1.29 is 14.0 Å². The normalized spacial score (nSPS) is 17.1. The Bertz CT molecular complexity index is 986. The topological polar surface area (TPSA) is 56.8 Å². The van der Waals surface area contributed by atoms with Gasteiger partial charge in [0.05, 0.1) is 16.3 Å².